The number of nitrogens with zero attached hydrogens (tertiary/aromatic N) is 2. The molecule has 1 amide bonds. The van der Waals surface area contributed by atoms with E-state index in [2.05, 4.69) is 20.5 Å². The second kappa shape index (κ2) is 12.7. The zero-order valence-corrected chi connectivity index (χ0v) is 19.6. The standard InChI is InChI=1S/C20H27ClN4O2.HI/c1-4-22-20(25(3)14-16-7-5-8-17(21)13-16)24-11-6-10-23-19(26)18-15(2)9-12-27-18;/h5,7-9,12-13H,4,6,10-11,14H2,1-3H3,(H,22,24)(H,23,26);1H. The van der Waals surface area contributed by atoms with Crippen molar-refractivity contribution in [1.29, 1.82) is 0 Å². The van der Waals surface area contributed by atoms with Crippen LogP contribution in [0.4, 0.5) is 0 Å². The Hall–Kier alpha value is -1.74. The maximum Gasteiger partial charge on any atom is 0.287 e. The molecule has 28 heavy (non-hydrogen) atoms. The first kappa shape index (κ1) is 24.3. The number of amides is 1. The third-order valence-corrected chi connectivity index (χ3v) is 4.19. The molecular weight excluding hydrogens is 491 g/mol. The quantitative estimate of drug-likeness (QED) is 0.239. The van der Waals surface area contributed by atoms with Crippen LogP contribution in [-0.2, 0) is 6.54 Å². The Kier molecular flexibility index (Phi) is 11.0. The fraction of sp³-hybridized carbons (Fsp3) is 0.400. The van der Waals surface area contributed by atoms with Gasteiger partial charge in [-0.2, -0.15) is 0 Å². The zero-order valence-electron chi connectivity index (χ0n) is 16.5. The summed E-state index contributed by atoms with van der Waals surface area (Å²) in [5, 5.41) is 6.87. The first-order valence-corrected chi connectivity index (χ1v) is 9.45. The second-order valence-corrected chi connectivity index (χ2v) is 6.70. The lowest BCUT2D eigenvalue weighted by Gasteiger charge is -2.22. The van der Waals surface area contributed by atoms with Crippen LogP contribution in [0.25, 0.3) is 0 Å². The Morgan fingerprint density at radius 2 is 2.07 bits per heavy atom. The molecule has 2 N–H and O–H groups in total. The van der Waals surface area contributed by atoms with Gasteiger partial charge in [0.2, 0.25) is 0 Å². The number of aliphatic imine (C=N–C) groups is 1. The second-order valence-electron chi connectivity index (χ2n) is 6.26. The van der Waals surface area contributed by atoms with Crippen LogP contribution in [0.3, 0.4) is 0 Å². The first-order valence-electron chi connectivity index (χ1n) is 9.07. The topological polar surface area (TPSA) is 69.9 Å². The summed E-state index contributed by atoms with van der Waals surface area (Å²) >= 11 is 6.05. The Morgan fingerprint density at radius 1 is 1.29 bits per heavy atom. The van der Waals surface area contributed by atoms with E-state index in [0.717, 1.165) is 35.1 Å². The molecule has 0 aliphatic carbocycles. The normalized spacial score (nSPS) is 10.9. The summed E-state index contributed by atoms with van der Waals surface area (Å²) in [6, 6.07) is 9.57. The lowest BCUT2D eigenvalue weighted by molar-refractivity contribution is 0.0925. The fourth-order valence-electron chi connectivity index (χ4n) is 2.61. The van der Waals surface area contributed by atoms with Gasteiger partial charge in [0.25, 0.3) is 5.91 Å². The molecule has 2 aromatic rings. The highest BCUT2D eigenvalue weighted by atomic mass is 127. The summed E-state index contributed by atoms with van der Waals surface area (Å²) in [6.45, 7) is 6.53. The number of benzene rings is 1. The molecule has 8 heteroatoms. The molecule has 1 aromatic heterocycles. The number of furan rings is 1. The minimum absolute atomic E-state index is 0. The van der Waals surface area contributed by atoms with Crippen molar-refractivity contribution in [3.63, 3.8) is 0 Å². The van der Waals surface area contributed by atoms with E-state index in [1.807, 2.05) is 45.2 Å². The molecule has 0 fully saturated rings. The third-order valence-electron chi connectivity index (χ3n) is 3.96. The summed E-state index contributed by atoms with van der Waals surface area (Å²) in [5.74, 6) is 1.00. The Balaban J connectivity index is 0.00000392. The van der Waals surface area contributed by atoms with Crippen molar-refractivity contribution in [1.82, 2.24) is 15.5 Å². The van der Waals surface area contributed by atoms with Crippen molar-refractivity contribution in [2.75, 3.05) is 26.7 Å². The monoisotopic (exact) mass is 518 g/mol. The maximum absolute atomic E-state index is 12.0. The largest absolute Gasteiger partial charge is 0.459 e. The van der Waals surface area contributed by atoms with E-state index in [1.54, 1.807) is 6.07 Å². The highest BCUT2D eigenvalue weighted by Gasteiger charge is 2.11. The average Bonchev–Trinajstić information content (AvgIpc) is 3.06. The number of carbonyl (C=O) groups excluding carboxylic acids is 1. The molecule has 2 rings (SSSR count). The number of hydrogen-bond donors (Lipinski definition) is 2. The summed E-state index contributed by atoms with van der Waals surface area (Å²) in [5.41, 5.74) is 1.96. The van der Waals surface area contributed by atoms with Crippen LogP contribution in [0.1, 0.15) is 35.0 Å². The van der Waals surface area contributed by atoms with Gasteiger partial charge in [-0.1, -0.05) is 23.7 Å². The van der Waals surface area contributed by atoms with Gasteiger partial charge in [-0.15, -0.1) is 24.0 Å². The number of halogens is 2. The van der Waals surface area contributed by atoms with Gasteiger partial charge < -0.3 is 20.0 Å². The van der Waals surface area contributed by atoms with Crippen molar-refractivity contribution in [2.24, 2.45) is 4.99 Å². The molecular formula is C20H28ClIN4O2. The van der Waals surface area contributed by atoms with Crippen molar-refractivity contribution in [3.05, 3.63) is 58.5 Å². The number of nitrogens with one attached hydrogen (secondary N) is 2. The molecule has 0 radical (unpaired) electrons. The van der Waals surface area contributed by atoms with E-state index in [4.69, 9.17) is 16.0 Å². The Morgan fingerprint density at radius 3 is 2.71 bits per heavy atom. The first-order chi connectivity index (χ1) is 13.0. The predicted molar refractivity (Wildman–Crippen MR) is 125 cm³/mol. The number of guanidine groups is 1. The van der Waals surface area contributed by atoms with Crippen molar-refractivity contribution < 1.29 is 9.21 Å². The number of rotatable bonds is 8. The molecule has 0 saturated carbocycles. The molecule has 0 atom stereocenters. The van der Waals surface area contributed by atoms with Crippen molar-refractivity contribution in [3.8, 4) is 0 Å². The number of hydrogen-bond acceptors (Lipinski definition) is 3. The highest BCUT2D eigenvalue weighted by Crippen LogP contribution is 2.12. The van der Waals surface area contributed by atoms with Gasteiger partial charge in [0.1, 0.15) is 0 Å². The molecule has 1 aromatic carbocycles. The van der Waals surface area contributed by atoms with Crippen LogP contribution in [0.2, 0.25) is 5.02 Å². The summed E-state index contributed by atoms with van der Waals surface area (Å²) < 4.78 is 5.18. The Labute approximate surface area is 188 Å². The van der Waals surface area contributed by atoms with E-state index < -0.39 is 0 Å². The molecule has 6 nitrogen and oxygen atoms in total. The lowest BCUT2D eigenvalue weighted by atomic mass is 10.2. The molecule has 0 aliphatic rings. The van der Waals surface area contributed by atoms with E-state index in [-0.39, 0.29) is 29.9 Å². The maximum atomic E-state index is 12.0. The number of carbonyl (C=O) groups is 1. The van der Waals surface area contributed by atoms with E-state index >= 15 is 0 Å². The molecule has 1 heterocycles. The smallest absolute Gasteiger partial charge is 0.287 e. The molecule has 0 bridgehead atoms. The minimum atomic E-state index is -0.188. The third kappa shape index (κ3) is 7.71. The molecule has 0 aliphatic heterocycles. The predicted octanol–water partition coefficient (Wildman–Crippen LogP) is 4.08. The van der Waals surface area contributed by atoms with Crippen LogP contribution in [-0.4, -0.2) is 43.4 Å². The summed E-state index contributed by atoms with van der Waals surface area (Å²) in [4.78, 5) is 18.7. The SMILES string of the molecule is CCNC(=NCCCNC(=O)c1occc1C)N(C)Cc1cccc(Cl)c1.I. The van der Waals surface area contributed by atoms with Gasteiger partial charge in [0.05, 0.1) is 6.26 Å². The van der Waals surface area contributed by atoms with Crippen molar-refractivity contribution >= 4 is 47.4 Å². The van der Waals surface area contributed by atoms with Gasteiger partial charge in [-0.25, -0.2) is 0 Å². The molecule has 0 unspecified atom stereocenters. The van der Waals surface area contributed by atoms with Gasteiger partial charge in [0, 0.05) is 43.8 Å². The van der Waals surface area contributed by atoms with Gasteiger partial charge in [-0.05, 0) is 44.0 Å². The average molecular weight is 519 g/mol. The van der Waals surface area contributed by atoms with Gasteiger partial charge in [-0.3, -0.25) is 9.79 Å². The molecule has 0 spiro atoms. The summed E-state index contributed by atoms with van der Waals surface area (Å²) in [7, 11) is 1.99. The minimum Gasteiger partial charge on any atom is -0.459 e. The van der Waals surface area contributed by atoms with E-state index in [1.165, 1.54) is 6.26 Å². The molecule has 0 saturated heterocycles. The zero-order chi connectivity index (χ0) is 19.6. The fourth-order valence-corrected chi connectivity index (χ4v) is 2.82. The van der Waals surface area contributed by atoms with Crippen LogP contribution in [0.15, 0.2) is 46.0 Å². The van der Waals surface area contributed by atoms with E-state index in [0.29, 0.717) is 25.4 Å². The van der Waals surface area contributed by atoms with Crippen LogP contribution >= 0.6 is 35.6 Å². The van der Waals surface area contributed by atoms with Crippen LogP contribution in [0, 0.1) is 6.92 Å². The van der Waals surface area contributed by atoms with Crippen LogP contribution in [0.5, 0.6) is 0 Å². The summed E-state index contributed by atoms with van der Waals surface area (Å²) in [6.07, 6.45) is 2.26. The number of aryl methyl sites for hydroxylation is 1. The van der Waals surface area contributed by atoms with Gasteiger partial charge in [0.15, 0.2) is 11.7 Å². The van der Waals surface area contributed by atoms with Crippen molar-refractivity contribution in [2.45, 2.75) is 26.8 Å². The van der Waals surface area contributed by atoms with E-state index in [9.17, 15) is 4.79 Å². The Bertz CT molecular complexity index is 779. The van der Waals surface area contributed by atoms with Crippen LogP contribution < -0.4 is 10.6 Å². The molecule has 154 valence electrons. The lowest BCUT2D eigenvalue weighted by Crippen LogP contribution is -2.38. The highest BCUT2D eigenvalue weighted by molar-refractivity contribution is 14.0. The van der Waals surface area contributed by atoms with Gasteiger partial charge >= 0.3 is 0 Å².